The average molecular weight is 558 g/mol. The number of hydrogen-bond donors (Lipinski definition) is 2. The number of nitrogens with one attached hydrogen (secondary N) is 2. The fourth-order valence-corrected chi connectivity index (χ4v) is 6.25. The summed E-state index contributed by atoms with van der Waals surface area (Å²) in [4.78, 5) is 49.2. The molecule has 5 heterocycles. The van der Waals surface area contributed by atoms with Crippen LogP contribution in [0.3, 0.4) is 0 Å². The maximum atomic E-state index is 13.9. The molecule has 1 aromatic carbocycles. The van der Waals surface area contributed by atoms with Crippen molar-refractivity contribution in [2.75, 3.05) is 44.2 Å². The van der Waals surface area contributed by atoms with E-state index in [9.17, 15) is 14.4 Å². The molecule has 2 fully saturated rings. The monoisotopic (exact) mass is 557 g/mol. The van der Waals surface area contributed by atoms with E-state index in [1.54, 1.807) is 0 Å². The van der Waals surface area contributed by atoms with Crippen molar-refractivity contribution in [2.45, 2.75) is 45.6 Å². The van der Waals surface area contributed by atoms with Crippen LogP contribution in [0, 0.1) is 5.92 Å². The van der Waals surface area contributed by atoms with Gasteiger partial charge >= 0.3 is 0 Å². The zero-order chi connectivity index (χ0) is 28.7. The molecular weight excluding hydrogens is 518 g/mol. The summed E-state index contributed by atoms with van der Waals surface area (Å²) in [6.45, 7) is 8.71. The number of benzene rings is 1. The number of fused-ring (bicyclic) bond motifs is 5. The predicted octanol–water partition coefficient (Wildman–Crippen LogP) is 2.91. The van der Waals surface area contributed by atoms with Crippen LogP contribution >= 0.6 is 0 Å². The molecule has 41 heavy (non-hydrogen) atoms. The topological polar surface area (TPSA) is 104 Å². The van der Waals surface area contributed by atoms with Crippen LogP contribution in [0.25, 0.3) is 27.7 Å². The third-order valence-corrected chi connectivity index (χ3v) is 8.61. The molecule has 3 aromatic heterocycles. The second-order valence-electron chi connectivity index (χ2n) is 11.7. The maximum absolute atomic E-state index is 13.9. The van der Waals surface area contributed by atoms with E-state index in [2.05, 4.69) is 20.4 Å². The van der Waals surface area contributed by atoms with Gasteiger partial charge in [-0.1, -0.05) is 26.0 Å². The SMILES string of the molecule is CC(C)C(=O)NC1CCN(c2ccc3c(=O)c(C(=O)NCCN4CCCC4)c4n(C)c5ccccc5n4c3n2)CC1. The highest BCUT2D eigenvalue weighted by Gasteiger charge is 2.26. The Morgan fingerprint density at radius 1 is 1.00 bits per heavy atom. The first kappa shape index (κ1) is 27.3. The molecule has 216 valence electrons. The molecule has 0 unspecified atom stereocenters. The van der Waals surface area contributed by atoms with Crippen molar-refractivity contribution in [3.63, 3.8) is 0 Å². The second-order valence-corrected chi connectivity index (χ2v) is 11.7. The second kappa shape index (κ2) is 11.2. The van der Waals surface area contributed by atoms with Crippen LogP contribution in [-0.2, 0) is 11.8 Å². The first-order valence-corrected chi connectivity index (χ1v) is 14.8. The van der Waals surface area contributed by atoms with Crippen molar-refractivity contribution >= 4 is 45.3 Å². The van der Waals surface area contributed by atoms with Gasteiger partial charge in [0.25, 0.3) is 5.91 Å². The van der Waals surface area contributed by atoms with Crippen LogP contribution in [0.15, 0.2) is 41.2 Å². The smallest absolute Gasteiger partial charge is 0.259 e. The summed E-state index contributed by atoms with van der Waals surface area (Å²) in [6.07, 6.45) is 4.05. The lowest BCUT2D eigenvalue weighted by Crippen LogP contribution is -2.46. The first-order valence-electron chi connectivity index (χ1n) is 14.8. The number of imidazole rings is 1. The molecule has 2 N–H and O–H groups in total. The number of pyridine rings is 2. The molecule has 0 bridgehead atoms. The first-order chi connectivity index (χ1) is 19.8. The van der Waals surface area contributed by atoms with Gasteiger partial charge in [-0.25, -0.2) is 4.98 Å². The Morgan fingerprint density at radius 3 is 2.41 bits per heavy atom. The minimum absolute atomic E-state index is 0.0337. The van der Waals surface area contributed by atoms with Crippen LogP contribution in [0.4, 0.5) is 5.82 Å². The number of hydrogen-bond acceptors (Lipinski definition) is 6. The third kappa shape index (κ3) is 5.05. The van der Waals surface area contributed by atoms with Gasteiger partial charge in [0, 0.05) is 45.2 Å². The van der Waals surface area contributed by atoms with Crippen molar-refractivity contribution in [1.29, 1.82) is 0 Å². The minimum atomic E-state index is -0.353. The summed E-state index contributed by atoms with van der Waals surface area (Å²) in [5.74, 6) is 0.485. The Hall–Kier alpha value is -3.92. The van der Waals surface area contributed by atoms with Crippen LogP contribution in [-0.4, -0.2) is 76.0 Å². The molecule has 2 aliphatic heterocycles. The van der Waals surface area contributed by atoms with E-state index in [4.69, 9.17) is 4.98 Å². The zero-order valence-electron chi connectivity index (χ0n) is 24.2. The summed E-state index contributed by atoms with van der Waals surface area (Å²) < 4.78 is 3.88. The summed E-state index contributed by atoms with van der Waals surface area (Å²) in [5.41, 5.74) is 2.73. The highest BCUT2D eigenvalue weighted by molar-refractivity contribution is 6.05. The van der Waals surface area contributed by atoms with Crippen molar-refractivity contribution in [3.05, 3.63) is 52.2 Å². The molecule has 2 saturated heterocycles. The van der Waals surface area contributed by atoms with Gasteiger partial charge in [-0.15, -0.1) is 0 Å². The Balaban J connectivity index is 1.37. The Morgan fingerprint density at radius 2 is 1.71 bits per heavy atom. The number of likely N-dealkylation sites (tertiary alicyclic amines) is 1. The quantitative estimate of drug-likeness (QED) is 0.362. The normalized spacial score (nSPS) is 16.8. The van der Waals surface area contributed by atoms with Crippen LogP contribution in [0.1, 0.15) is 49.9 Å². The number of aryl methyl sites for hydroxylation is 1. The number of nitrogens with zero attached hydrogens (tertiary/aromatic N) is 5. The van der Waals surface area contributed by atoms with Gasteiger partial charge in [0.1, 0.15) is 17.0 Å². The van der Waals surface area contributed by atoms with E-state index in [1.807, 2.05) is 66.3 Å². The molecule has 2 aliphatic rings. The fraction of sp³-hybridized carbons (Fsp3) is 0.484. The van der Waals surface area contributed by atoms with Crippen LogP contribution in [0.5, 0.6) is 0 Å². The molecule has 2 amide bonds. The highest BCUT2D eigenvalue weighted by atomic mass is 16.2. The summed E-state index contributed by atoms with van der Waals surface area (Å²) in [5, 5.41) is 6.59. The summed E-state index contributed by atoms with van der Waals surface area (Å²) in [6, 6.07) is 11.7. The number of amides is 2. The molecule has 0 spiro atoms. The third-order valence-electron chi connectivity index (χ3n) is 8.61. The Kier molecular flexibility index (Phi) is 7.42. The van der Waals surface area contributed by atoms with Crippen molar-refractivity contribution < 1.29 is 9.59 Å². The molecule has 10 heteroatoms. The molecule has 10 nitrogen and oxygen atoms in total. The minimum Gasteiger partial charge on any atom is -0.356 e. The number of carbonyl (C=O) groups is 2. The maximum Gasteiger partial charge on any atom is 0.259 e. The lowest BCUT2D eigenvalue weighted by molar-refractivity contribution is -0.124. The number of anilines is 1. The number of rotatable bonds is 7. The van der Waals surface area contributed by atoms with Crippen LogP contribution < -0.4 is 21.0 Å². The number of piperidine rings is 1. The number of para-hydroxylation sites is 2. The van der Waals surface area contributed by atoms with E-state index in [-0.39, 0.29) is 34.8 Å². The largest absolute Gasteiger partial charge is 0.356 e. The van der Waals surface area contributed by atoms with Gasteiger partial charge in [-0.3, -0.25) is 18.8 Å². The van der Waals surface area contributed by atoms with Crippen molar-refractivity contribution in [3.8, 4) is 0 Å². The predicted molar refractivity (Wildman–Crippen MR) is 162 cm³/mol. The lowest BCUT2D eigenvalue weighted by atomic mass is 10.0. The van der Waals surface area contributed by atoms with Gasteiger partial charge in [-0.2, -0.15) is 0 Å². The Bertz CT molecular complexity index is 1670. The van der Waals surface area contributed by atoms with Gasteiger partial charge in [0.05, 0.1) is 16.4 Å². The van der Waals surface area contributed by atoms with Crippen molar-refractivity contribution in [1.82, 2.24) is 29.5 Å². The van der Waals surface area contributed by atoms with Gasteiger partial charge < -0.3 is 25.0 Å². The molecule has 6 rings (SSSR count). The van der Waals surface area contributed by atoms with E-state index >= 15 is 0 Å². The molecule has 4 aromatic rings. The standard InChI is InChI=1S/C31H39N7O3/c1-20(2)29(40)33-21-12-17-37(18-13-21)25-11-10-22-27(39)26(30(41)32-14-19-36-15-6-7-16-36)31-35(3)23-8-4-5-9-24(23)38(31)28(22)34-25/h4-5,8-11,20-21H,6-7,12-19H2,1-3H3,(H,32,41)(H,33,40). The summed E-state index contributed by atoms with van der Waals surface area (Å²) in [7, 11) is 1.89. The number of aromatic nitrogens is 3. The summed E-state index contributed by atoms with van der Waals surface area (Å²) >= 11 is 0. The molecule has 0 atom stereocenters. The molecule has 0 radical (unpaired) electrons. The molecular formula is C31H39N7O3. The Labute approximate surface area is 239 Å². The van der Waals surface area contributed by atoms with Gasteiger partial charge in [-0.05, 0) is 63.0 Å². The van der Waals surface area contributed by atoms with E-state index < -0.39 is 0 Å². The average Bonchev–Trinajstić information content (AvgIpc) is 3.60. The van der Waals surface area contributed by atoms with Crippen molar-refractivity contribution in [2.24, 2.45) is 13.0 Å². The lowest BCUT2D eigenvalue weighted by Gasteiger charge is -2.33. The highest BCUT2D eigenvalue weighted by Crippen LogP contribution is 2.27. The number of carbonyl (C=O) groups excluding carboxylic acids is 2. The zero-order valence-corrected chi connectivity index (χ0v) is 24.2. The molecule has 0 aliphatic carbocycles. The van der Waals surface area contributed by atoms with Crippen LogP contribution in [0.2, 0.25) is 0 Å². The van der Waals surface area contributed by atoms with E-state index in [0.29, 0.717) is 23.2 Å². The van der Waals surface area contributed by atoms with Gasteiger partial charge in [0.2, 0.25) is 11.3 Å². The van der Waals surface area contributed by atoms with Gasteiger partial charge in [0.15, 0.2) is 5.65 Å². The molecule has 0 saturated carbocycles. The van der Waals surface area contributed by atoms with E-state index in [1.165, 1.54) is 12.8 Å². The van der Waals surface area contributed by atoms with E-state index in [0.717, 1.165) is 62.4 Å². The fourth-order valence-electron chi connectivity index (χ4n) is 6.25.